The van der Waals surface area contributed by atoms with E-state index in [4.69, 9.17) is 14.2 Å². The lowest BCUT2D eigenvalue weighted by molar-refractivity contribution is -0.167. The quantitative estimate of drug-likeness (QED) is 0.0261. The summed E-state index contributed by atoms with van der Waals surface area (Å²) >= 11 is 0. The molecule has 73 heavy (non-hydrogen) atoms. The summed E-state index contributed by atoms with van der Waals surface area (Å²) in [6.45, 7) is 6.64. The average molecular weight is 1020 g/mol. The summed E-state index contributed by atoms with van der Waals surface area (Å²) in [5.41, 5.74) is 0. The minimum absolute atomic E-state index is 0.0848. The number of hydrogen-bond donors (Lipinski definition) is 0. The van der Waals surface area contributed by atoms with Gasteiger partial charge in [0, 0.05) is 19.3 Å². The van der Waals surface area contributed by atoms with Gasteiger partial charge in [-0.05, 0) is 70.6 Å². The SMILES string of the molecule is CCCCCCC\C=C/C=C\C=C/CCCCCCCC(=O)OC(COC(=O)CCCCCCC/C=C\C=C/CCCCCCCCC)COC(=O)CCCCCCCCCCCCCCCCCCCCC. The van der Waals surface area contributed by atoms with Crippen molar-refractivity contribution in [2.24, 2.45) is 0 Å². The maximum atomic E-state index is 12.9. The molecule has 0 radical (unpaired) electrons. The molecule has 6 nitrogen and oxygen atoms in total. The minimum Gasteiger partial charge on any atom is -0.462 e. The largest absolute Gasteiger partial charge is 0.462 e. The van der Waals surface area contributed by atoms with Crippen molar-refractivity contribution in [1.82, 2.24) is 0 Å². The van der Waals surface area contributed by atoms with Gasteiger partial charge in [0.25, 0.3) is 0 Å². The smallest absolute Gasteiger partial charge is 0.306 e. The lowest BCUT2D eigenvalue weighted by Crippen LogP contribution is -2.30. The highest BCUT2D eigenvalue weighted by Crippen LogP contribution is 2.17. The predicted molar refractivity (Wildman–Crippen MR) is 316 cm³/mol. The van der Waals surface area contributed by atoms with Gasteiger partial charge in [-0.25, -0.2) is 0 Å². The van der Waals surface area contributed by atoms with Crippen LogP contribution in [0.1, 0.15) is 329 Å². The molecule has 0 fully saturated rings. The van der Waals surface area contributed by atoms with Crippen LogP contribution < -0.4 is 0 Å². The highest BCUT2D eigenvalue weighted by Gasteiger charge is 2.19. The lowest BCUT2D eigenvalue weighted by atomic mass is 10.0. The number of ether oxygens (including phenoxy) is 3. The van der Waals surface area contributed by atoms with E-state index < -0.39 is 6.10 Å². The van der Waals surface area contributed by atoms with Crippen LogP contribution in [0.2, 0.25) is 0 Å². The van der Waals surface area contributed by atoms with Crippen molar-refractivity contribution in [3.8, 4) is 0 Å². The van der Waals surface area contributed by atoms with Crippen LogP contribution in [-0.4, -0.2) is 37.2 Å². The van der Waals surface area contributed by atoms with Crippen LogP contribution in [-0.2, 0) is 28.6 Å². The van der Waals surface area contributed by atoms with E-state index in [2.05, 4.69) is 81.5 Å². The molecule has 0 aromatic rings. The molecular formula is C67H120O6. The van der Waals surface area contributed by atoms with Crippen LogP contribution >= 0.6 is 0 Å². The van der Waals surface area contributed by atoms with Crippen LogP contribution in [0.5, 0.6) is 0 Å². The summed E-state index contributed by atoms with van der Waals surface area (Å²) in [7, 11) is 0. The van der Waals surface area contributed by atoms with Crippen LogP contribution in [0, 0.1) is 0 Å². The molecule has 1 atom stereocenters. The molecular weight excluding hydrogens is 901 g/mol. The second-order valence-corrected chi connectivity index (χ2v) is 21.4. The van der Waals surface area contributed by atoms with Crippen LogP contribution in [0.3, 0.4) is 0 Å². The molecule has 1 unspecified atom stereocenters. The van der Waals surface area contributed by atoms with Crippen molar-refractivity contribution in [2.45, 2.75) is 335 Å². The number of carbonyl (C=O) groups excluding carboxylic acids is 3. The summed E-state index contributed by atoms with van der Waals surface area (Å²) < 4.78 is 16.9. The van der Waals surface area contributed by atoms with Gasteiger partial charge in [-0.15, -0.1) is 0 Å². The molecule has 424 valence electrons. The summed E-state index contributed by atoms with van der Waals surface area (Å²) in [5, 5.41) is 0. The Morgan fingerprint density at radius 2 is 0.493 bits per heavy atom. The minimum atomic E-state index is -0.791. The Kier molecular flexibility index (Phi) is 59.2. The van der Waals surface area contributed by atoms with Crippen molar-refractivity contribution < 1.29 is 28.6 Å². The number of rotatable bonds is 58. The predicted octanol–water partition coefficient (Wildman–Crippen LogP) is 21.6. The summed E-state index contributed by atoms with van der Waals surface area (Å²) in [6.07, 6.45) is 77.9. The van der Waals surface area contributed by atoms with Crippen molar-refractivity contribution in [3.63, 3.8) is 0 Å². The first-order valence-corrected chi connectivity index (χ1v) is 31.8. The Hall–Kier alpha value is -2.89. The van der Waals surface area contributed by atoms with Gasteiger partial charge in [0.15, 0.2) is 6.10 Å². The zero-order valence-corrected chi connectivity index (χ0v) is 48.7. The van der Waals surface area contributed by atoms with Gasteiger partial charge in [0.05, 0.1) is 0 Å². The van der Waals surface area contributed by atoms with E-state index in [0.29, 0.717) is 19.3 Å². The van der Waals surface area contributed by atoms with Crippen molar-refractivity contribution >= 4 is 17.9 Å². The third-order valence-corrected chi connectivity index (χ3v) is 14.1. The monoisotopic (exact) mass is 1020 g/mol. The molecule has 0 rings (SSSR count). The van der Waals surface area contributed by atoms with Crippen LogP contribution in [0.4, 0.5) is 0 Å². The molecule has 0 aromatic carbocycles. The van der Waals surface area contributed by atoms with Crippen molar-refractivity contribution in [2.75, 3.05) is 13.2 Å². The van der Waals surface area contributed by atoms with Crippen molar-refractivity contribution in [3.05, 3.63) is 60.8 Å². The van der Waals surface area contributed by atoms with Crippen LogP contribution in [0.25, 0.3) is 0 Å². The van der Waals surface area contributed by atoms with Gasteiger partial charge < -0.3 is 14.2 Å². The Bertz CT molecular complexity index is 1310. The number of hydrogen-bond acceptors (Lipinski definition) is 6. The Labute approximate surface area is 453 Å². The van der Waals surface area contributed by atoms with Gasteiger partial charge in [0.1, 0.15) is 13.2 Å². The summed E-state index contributed by atoms with van der Waals surface area (Å²) in [5.74, 6) is -0.902. The van der Waals surface area contributed by atoms with Gasteiger partial charge in [-0.1, -0.05) is 300 Å². The van der Waals surface area contributed by atoms with E-state index in [1.165, 1.54) is 186 Å². The molecule has 0 amide bonds. The Morgan fingerprint density at radius 3 is 0.767 bits per heavy atom. The van der Waals surface area contributed by atoms with Gasteiger partial charge in [-0.2, -0.15) is 0 Å². The molecule has 0 aliphatic rings. The Morgan fingerprint density at radius 1 is 0.274 bits per heavy atom. The van der Waals surface area contributed by atoms with Gasteiger partial charge in [-0.3, -0.25) is 14.4 Å². The molecule has 0 aliphatic carbocycles. The van der Waals surface area contributed by atoms with E-state index in [9.17, 15) is 14.4 Å². The van der Waals surface area contributed by atoms with E-state index in [0.717, 1.165) is 103 Å². The molecule has 0 N–H and O–H groups in total. The first-order chi connectivity index (χ1) is 36.0. The number of allylic oxidation sites excluding steroid dienone is 10. The molecule has 6 heteroatoms. The van der Waals surface area contributed by atoms with Crippen LogP contribution in [0.15, 0.2) is 60.8 Å². The first kappa shape index (κ1) is 70.1. The summed E-state index contributed by atoms with van der Waals surface area (Å²) in [6, 6.07) is 0. The molecule has 0 bridgehead atoms. The zero-order valence-electron chi connectivity index (χ0n) is 48.7. The third-order valence-electron chi connectivity index (χ3n) is 14.1. The lowest BCUT2D eigenvalue weighted by Gasteiger charge is -2.18. The van der Waals surface area contributed by atoms with E-state index in [1.54, 1.807) is 0 Å². The number of esters is 3. The number of carbonyl (C=O) groups is 3. The highest BCUT2D eigenvalue weighted by atomic mass is 16.6. The third kappa shape index (κ3) is 59.9. The molecule has 0 aliphatic heterocycles. The Balaban J connectivity index is 4.41. The molecule has 0 saturated heterocycles. The second-order valence-electron chi connectivity index (χ2n) is 21.4. The second kappa shape index (κ2) is 61.7. The molecule has 0 aromatic heterocycles. The fourth-order valence-electron chi connectivity index (χ4n) is 9.26. The maximum absolute atomic E-state index is 12.9. The molecule has 0 spiro atoms. The molecule has 0 heterocycles. The van der Waals surface area contributed by atoms with E-state index in [1.807, 2.05) is 0 Å². The maximum Gasteiger partial charge on any atom is 0.306 e. The van der Waals surface area contributed by atoms with Gasteiger partial charge >= 0.3 is 17.9 Å². The number of unbranched alkanes of at least 4 members (excludes halogenated alkanes) is 40. The first-order valence-electron chi connectivity index (χ1n) is 31.8. The van der Waals surface area contributed by atoms with E-state index >= 15 is 0 Å². The standard InChI is InChI=1S/C67H120O6/c1-4-7-10-13-16-19-22-25-28-31-34-37-39-42-45-48-51-54-57-60-66(69)72-63-64(73-67(70)61-58-55-52-49-46-43-40-36-33-30-27-24-21-18-15-12-9-6-3)62-71-65(68)59-56-53-50-47-44-41-38-35-32-29-26-23-20-17-14-11-8-5-2/h24,27,29-30,32-33,35-36,38,40,64H,4-23,25-26,28,31,34,37,39,41-63H2,1-3H3/b27-24-,32-29-,33-30-,38-35-,40-36-. The van der Waals surface area contributed by atoms with E-state index in [-0.39, 0.29) is 31.1 Å². The topological polar surface area (TPSA) is 78.9 Å². The zero-order chi connectivity index (χ0) is 52.9. The fraction of sp³-hybridized carbons (Fsp3) is 0.806. The normalized spacial score (nSPS) is 12.4. The van der Waals surface area contributed by atoms with Gasteiger partial charge in [0.2, 0.25) is 0 Å². The summed E-state index contributed by atoms with van der Waals surface area (Å²) in [4.78, 5) is 38.3. The molecule has 0 saturated carbocycles. The fourth-order valence-corrected chi connectivity index (χ4v) is 9.26. The van der Waals surface area contributed by atoms with Crippen molar-refractivity contribution in [1.29, 1.82) is 0 Å². The average Bonchev–Trinajstić information content (AvgIpc) is 3.39. The highest BCUT2D eigenvalue weighted by molar-refractivity contribution is 5.71.